The number of hydrogen-bond acceptors (Lipinski definition) is 7. The van der Waals surface area contributed by atoms with Crippen LogP contribution in [0, 0.1) is 0 Å². The second-order valence-corrected chi connectivity index (χ2v) is 10.5. The molecule has 6 unspecified atom stereocenters. The Morgan fingerprint density at radius 2 is 1.25 bits per heavy atom. The molecule has 0 aliphatic carbocycles. The molecule has 8 nitrogen and oxygen atoms in total. The predicted octanol–water partition coefficient (Wildman–Crippen LogP) is -0.749. The van der Waals surface area contributed by atoms with Gasteiger partial charge in [0.1, 0.15) is 43.3 Å². The normalized spacial score (nSPS) is 25.7. The van der Waals surface area contributed by atoms with Gasteiger partial charge in [-0.15, -0.1) is 0 Å². The van der Waals surface area contributed by atoms with Gasteiger partial charge in [0.05, 0.1) is 26.2 Å². The fourth-order valence-corrected chi connectivity index (χ4v) is 5.34. The number of quaternary nitrogens is 1. The van der Waals surface area contributed by atoms with Gasteiger partial charge in [0.15, 0.2) is 0 Å². The first kappa shape index (κ1) is 36.0. The standard InChI is InChI=1S/C27H57N2O6.ClH/c1-5-9-10-11-12-13-14-15-16-17-18-28(19-22(31)20-29(6-2,7-3)8-4)27-26(34)25(33)24(32)23(21-30)35-27;/h22-27,30-34H,5-21H2,1-4H3;1H/q+1;/p-1. The number of hydrogen-bond donors (Lipinski definition) is 5. The van der Waals surface area contributed by atoms with Gasteiger partial charge in [-0.05, 0) is 27.2 Å². The highest BCUT2D eigenvalue weighted by molar-refractivity contribution is 4.92. The van der Waals surface area contributed by atoms with Crippen molar-refractivity contribution in [3.8, 4) is 0 Å². The molecule has 1 saturated heterocycles. The topological polar surface area (TPSA) is 114 Å². The molecule has 1 aliphatic rings. The second kappa shape index (κ2) is 20.0. The molecule has 0 spiro atoms. The fraction of sp³-hybridized carbons (Fsp3) is 1.00. The molecule has 0 aromatic rings. The molecule has 0 amide bonds. The minimum Gasteiger partial charge on any atom is -1.00 e. The van der Waals surface area contributed by atoms with E-state index in [4.69, 9.17) is 4.74 Å². The van der Waals surface area contributed by atoms with Crippen LogP contribution in [-0.2, 0) is 4.74 Å². The van der Waals surface area contributed by atoms with Gasteiger partial charge in [-0.25, -0.2) is 0 Å². The van der Waals surface area contributed by atoms with Gasteiger partial charge >= 0.3 is 0 Å². The first-order valence-corrected chi connectivity index (χ1v) is 14.4. The number of aliphatic hydroxyl groups is 5. The lowest BCUT2D eigenvalue weighted by Gasteiger charge is -2.45. The molecule has 0 radical (unpaired) electrons. The maximum atomic E-state index is 11.0. The second-order valence-electron chi connectivity index (χ2n) is 10.5. The lowest BCUT2D eigenvalue weighted by molar-refractivity contribution is -0.926. The Kier molecular flexibility index (Phi) is 19.9. The number of likely N-dealkylation sites (N-methyl/N-ethyl adjacent to an activating group) is 1. The van der Waals surface area contributed by atoms with Crippen LogP contribution >= 0.6 is 0 Å². The zero-order valence-corrected chi connectivity index (χ0v) is 24.2. The number of nitrogens with zero attached hydrogens (tertiary/aromatic N) is 2. The minimum absolute atomic E-state index is 0. The SMILES string of the molecule is CCCCCCCCCCCCN(CC(O)C[N+](CC)(CC)CC)C1OC(CO)C(O)C(O)C1O.[Cl-]. The predicted molar refractivity (Wildman–Crippen MR) is 140 cm³/mol. The summed E-state index contributed by atoms with van der Waals surface area (Å²) in [6, 6.07) is 0. The summed E-state index contributed by atoms with van der Waals surface area (Å²) < 4.78 is 6.65. The van der Waals surface area contributed by atoms with Crippen molar-refractivity contribution in [1.82, 2.24) is 4.90 Å². The molecule has 36 heavy (non-hydrogen) atoms. The van der Waals surface area contributed by atoms with Gasteiger partial charge in [-0.2, -0.15) is 0 Å². The van der Waals surface area contributed by atoms with E-state index in [1.807, 2.05) is 4.90 Å². The van der Waals surface area contributed by atoms with Crippen molar-refractivity contribution in [3.05, 3.63) is 0 Å². The van der Waals surface area contributed by atoms with E-state index < -0.39 is 43.4 Å². The smallest absolute Gasteiger partial charge is 0.140 e. The van der Waals surface area contributed by atoms with Crippen LogP contribution < -0.4 is 12.4 Å². The van der Waals surface area contributed by atoms with Crippen LogP contribution in [0.4, 0.5) is 0 Å². The van der Waals surface area contributed by atoms with Gasteiger partial charge in [-0.1, -0.05) is 64.7 Å². The van der Waals surface area contributed by atoms with E-state index in [1.165, 1.54) is 44.9 Å². The van der Waals surface area contributed by atoms with Crippen LogP contribution in [0.3, 0.4) is 0 Å². The van der Waals surface area contributed by atoms with Gasteiger partial charge in [0.25, 0.3) is 0 Å². The number of unbranched alkanes of at least 4 members (excludes halogenated alkanes) is 9. The molecule has 0 aromatic carbocycles. The molecular weight excluding hydrogens is 484 g/mol. The van der Waals surface area contributed by atoms with Crippen LogP contribution in [0.1, 0.15) is 91.9 Å². The minimum atomic E-state index is -1.41. The van der Waals surface area contributed by atoms with E-state index in [9.17, 15) is 25.5 Å². The Hall–Kier alpha value is -0.0300. The van der Waals surface area contributed by atoms with Crippen LogP contribution in [0.2, 0.25) is 0 Å². The van der Waals surface area contributed by atoms with Crippen LogP contribution in [-0.4, -0.2) is 118 Å². The van der Waals surface area contributed by atoms with Crippen molar-refractivity contribution in [3.63, 3.8) is 0 Å². The quantitative estimate of drug-likeness (QED) is 0.102. The molecule has 0 bridgehead atoms. The van der Waals surface area contributed by atoms with Crippen molar-refractivity contribution in [2.24, 2.45) is 0 Å². The van der Waals surface area contributed by atoms with Crippen LogP contribution in [0.5, 0.6) is 0 Å². The number of rotatable bonds is 20. The average molecular weight is 541 g/mol. The van der Waals surface area contributed by atoms with Gasteiger partial charge in [-0.3, -0.25) is 4.90 Å². The monoisotopic (exact) mass is 540 g/mol. The maximum absolute atomic E-state index is 11.0. The summed E-state index contributed by atoms with van der Waals surface area (Å²) in [5.41, 5.74) is 0. The Morgan fingerprint density at radius 3 is 1.72 bits per heavy atom. The van der Waals surface area contributed by atoms with Crippen molar-refractivity contribution in [1.29, 1.82) is 0 Å². The van der Waals surface area contributed by atoms with Crippen molar-refractivity contribution >= 4 is 0 Å². The zero-order chi connectivity index (χ0) is 26.3. The first-order valence-electron chi connectivity index (χ1n) is 14.4. The van der Waals surface area contributed by atoms with Gasteiger partial charge in [0.2, 0.25) is 0 Å². The van der Waals surface area contributed by atoms with E-state index in [2.05, 4.69) is 27.7 Å². The third-order valence-electron chi connectivity index (χ3n) is 8.08. The number of ether oxygens (including phenoxy) is 1. The van der Waals surface area contributed by atoms with E-state index >= 15 is 0 Å². The summed E-state index contributed by atoms with van der Waals surface area (Å²) >= 11 is 0. The summed E-state index contributed by atoms with van der Waals surface area (Å²) in [6.07, 6.45) is 5.61. The molecule has 218 valence electrons. The molecule has 0 aromatic heterocycles. The lowest BCUT2D eigenvalue weighted by Crippen LogP contribution is -3.00. The average Bonchev–Trinajstić information content (AvgIpc) is 2.86. The summed E-state index contributed by atoms with van der Waals surface area (Å²) in [4.78, 5) is 1.90. The molecule has 1 heterocycles. The molecule has 5 N–H and O–H groups in total. The lowest BCUT2D eigenvalue weighted by atomic mass is 9.97. The fourth-order valence-electron chi connectivity index (χ4n) is 5.34. The van der Waals surface area contributed by atoms with Crippen molar-refractivity contribution < 1.29 is 47.2 Å². The molecular formula is C27H57ClN2O6. The molecule has 9 heteroatoms. The van der Waals surface area contributed by atoms with E-state index in [0.29, 0.717) is 19.6 Å². The summed E-state index contributed by atoms with van der Waals surface area (Å²) in [7, 11) is 0. The molecule has 0 saturated carbocycles. The summed E-state index contributed by atoms with van der Waals surface area (Å²) in [5, 5.41) is 51.8. The van der Waals surface area contributed by atoms with Crippen LogP contribution in [0.15, 0.2) is 0 Å². The first-order chi connectivity index (χ1) is 16.8. The zero-order valence-electron chi connectivity index (χ0n) is 23.4. The highest BCUT2D eigenvalue weighted by Gasteiger charge is 2.46. The van der Waals surface area contributed by atoms with Crippen LogP contribution in [0.25, 0.3) is 0 Å². The highest BCUT2D eigenvalue weighted by atomic mass is 35.5. The Bertz CT molecular complexity index is 518. The number of aliphatic hydroxyl groups excluding tert-OH is 5. The Morgan fingerprint density at radius 1 is 0.750 bits per heavy atom. The van der Waals surface area contributed by atoms with Gasteiger partial charge < -0.3 is 47.2 Å². The molecule has 1 rings (SSSR count). The Balaban J connectivity index is 0.0000122. The third kappa shape index (κ3) is 11.8. The Labute approximate surface area is 226 Å². The van der Waals surface area contributed by atoms with Crippen molar-refractivity contribution in [2.45, 2.75) is 129 Å². The van der Waals surface area contributed by atoms with E-state index in [1.54, 1.807) is 0 Å². The largest absolute Gasteiger partial charge is 1.00 e. The van der Waals surface area contributed by atoms with Crippen molar-refractivity contribution in [2.75, 3.05) is 45.9 Å². The molecule has 1 aliphatic heterocycles. The van der Waals surface area contributed by atoms with Gasteiger partial charge in [0, 0.05) is 13.1 Å². The number of halogens is 1. The molecule has 6 atom stereocenters. The van der Waals surface area contributed by atoms with E-state index in [-0.39, 0.29) is 12.4 Å². The third-order valence-corrected chi connectivity index (χ3v) is 8.08. The van der Waals surface area contributed by atoms with E-state index in [0.717, 1.165) is 43.4 Å². The highest BCUT2D eigenvalue weighted by Crippen LogP contribution is 2.25. The summed E-state index contributed by atoms with van der Waals surface area (Å²) in [6.45, 7) is 12.5. The summed E-state index contributed by atoms with van der Waals surface area (Å²) in [5.74, 6) is 0. The molecule has 1 fully saturated rings. The maximum Gasteiger partial charge on any atom is 0.140 e.